The third-order valence-electron chi connectivity index (χ3n) is 4.52. The predicted octanol–water partition coefficient (Wildman–Crippen LogP) is 3.15. The first-order valence-electron chi connectivity index (χ1n) is 8.26. The molecule has 3 rings (SSSR count). The van der Waals surface area contributed by atoms with Crippen LogP contribution in [0.15, 0.2) is 53.4 Å². The SMILES string of the molecule is COc1ccc(S(=O)(=O)N2CC(c3ccccc3)OCC2C)c(C)c1. The van der Waals surface area contributed by atoms with E-state index in [0.29, 0.717) is 29.4 Å². The molecule has 6 heteroatoms. The lowest BCUT2D eigenvalue weighted by molar-refractivity contribution is -0.0288. The maximum absolute atomic E-state index is 13.2. The Balaban J connectivity index is 1.92. The maximum Gasteiger partial charge on any atom is 0.243 e. The van der Waals surface area contributed by atoms with Crippen molar-refractivity contribution in [3.63, 3.8) is 0 Å². The summed E-state index contributed by atoms with van der Waals surface area (Å²) in [6.45, 7) is 4.33. The van der Waals surface area contributed by atoms with Crippen molar-refractivity contribution in [3.05, 3.63) is 59.7 Å². The van der Waals surface area contributed by atoms with Crippen LogP contribution in [0.25, 0.3) is 0 Å². The summed E-state index contributed by atoms with van der Waals surface area (Å²) in [6.07, 6.45) is -0.259. The number of rotatable bonds is 4. The number of nitrogens with zero attached hydrogens (tertiary/aromatic N) is 1. The van der Waals surface area contributed by atoms with Crippen LogP contribution in [0.2, 0.25) is 0 Å². The van der Waals surface area contributed by atoms with Crippen molar-refractivity contribution in [3.8, 4) is 5.75 Å². The molecular weight excluding hydrogens is 338 g/mol. The molecule has 0 aliphatic carbocycles. The molecule has 0 N–H and O–H groups in total. The summed E-state index contributed by atoms with van der Waals surface area (Å²) in [7, 11) is -2.04. The lowest BCUT2D eigenvalue weighted by Gasteiger charge is -2.37. The number of sulfonamides is 1. The van der Waals surface area contributed by atoms with Crippen molar-refractivity contribution in [2.45, 2.75) is 30.9 Å². The number of morpholine rings is 1. The lowest BCUT2D eigenvalue weighted by atomic mass is 10.1. The first-order valence-corrected chi connectivity index (χ1v) is 9.70. The smallest absolute Gasteiger partial charge is 0.243 e. The third-order valence-corrected chi connectivity index (χ3v) is 6.66. The van der Waals surface area contributed by atoms with Gasteiger partial charge >= 0.3 is 0 Å². The number of methoxy groups -OCH3 is 1. The molecule has 2 aromatic rings. The quantitative estimate of drug-likeness (QED) is 0.839. The summed E-state index contributed by atoms with van der Waals surface area (Å²) in [5, 5.41) is 0. The molecule has 5 nitrogen and oxygen atoms in total. The fourth-order valence-corrected chi connectivity index (χ4v) is 4.93. The van der Waals surface area contributed by atoms with Crippen LogP contribution in [-0.4, -0.2) is 39.0 Å². The Hall–Kier alpha value is -1.89. The van der Waals surface area contributed by atoms with Gasteiger partial charge in [0.25, 0.3) is 0 Å². The topological polar surface area (TPSA) is 55.8 Å². The predicted molar refractivity (Wildman–Crippen MR) is 96.2 cm³/mol. The average molecular weight is 361 g/mol. The van der Waals surface area contributed by atoms with Gasteiger partial charge in [-0.15, -0.1) is 0 Å². The lowest BCUT2D eigenvalue weighted by Crippen LogP contribution is -2.48. The van der Waals surface area contributed by atoms with Gasteiger partial charge in [-0.05, 0) is 43.2 Å². The van der Waals surface area contributed by atoms with E-state index in [9.17, 15) is 8.42 Å². The van der Waals surface area contributed by atoms with Gasteiger partial charge in [0, 0.05) is 12.6 Å². The highest BCUT2D eigenvalue weighted by molar-refractivity contribution is 7.89. The van der Waals surface area contributed by atoms with Crippen molar-refractivity contribution in [2.24, 2.45) is 0 Å². The second-order valence-corrected chi connectivity index (χ2v) is 8.15. The van der Waals surface area contributed by atoms with Crippen LogP contribution in [0.5, 0.6) is 5.75 Å². The van der Waals surface area contributed by atoms with Crippen LogP contribution >= 0.6 is 0 Å². The van der Waals surface area contributed by atoms with Crippen LogP contribution in [-0.2, 0) is 14.8 Å². The van der Waals surface area contributed by atoms with Gasteiger partial charge in [-0.25, -0.2) is 8.42 Å². The standard InChI is InChI=1S/C19H23NO4S/c1-14-11-17(23-3)9-10-19(14)25(21,22)20-12-18(24-13-15(20)2)16-7-5-4-6-8-16/h4-11,15,18H,12-13H2,1-3H3. The van der Waals surface area contributed by atoms with E-state index >= 15 is 0 Å². The molecule has 134 valence electrons. The van der Waals surface area contributed by atoms with E-state index < -0.39 is 10.0 Å². The molecule has 2 atom stereocenters. The molecule has 0 saturated carbocycles. The fraction of sp³-hybridized carbons (Fsp3) is 0.368. The average Bonchev–Trinajstić information content (AvgIpc) is 2.62. The number of hydrogen-bond acceptors (Lipinski definition) is 4. The minimum absolute atomic E-state index is 0.216. The molecule has 0 bridgehead atoms. The molecule has 0 radical (unpaired) electrons. The van der Waals surface area contributed by atoms with Gasteiger partial charge in [-0.1, -0.05) is 30.3 Å². The zero-order valence-corrected chi connectivity index (χ0v) is 15.5. The summed E-state index contributed by atoms with van der Waals surface area (Å²) >= 11 is 0. The van der Waals surface area contributed by atoms with Crippen molar-refractivity contribution >= 4 is 10.0 Å². The van der Waals surface area contributed by atoms with Gasteiger partial charge in [0.05, 0.1) is 24.7 Å². The monoisotopic (exact) mass is 361 g/mol. The minimum atomic E-state index is -3.61. The Kier molecular flexibility index (Phi) is 5.13. The summed E-state index contributed by atoms with van der Waals surface area (Å²) in [6, 6.07) is 14.5. The van der Waals surface area contributed by atoms with Gasteiger partial charge in [0.15, 0.2) is 0 Å². The Morgan fingerprint density at radius 2 is 1.88 bits per heavy atom. The zero-order chi connectivity index (χ0) is 18.0. The van der Waals surface area contributed by atoms with E-state index in [4.69, 9.17) is 9.47 Å². The second-order valence-electron chi connectivity index (χ2n) is 6.29. The van der Waals surface area contributed by atoms with Crippen molar-refractivity contribution < 1.29 is 17.9 Å². The van der Waals surface area contributed by atoms with Crippen LogP contribution in [0.3, 0.4) is 0 Å². The van der Waals surface area contributed by atoms with Gasteiger partial charge in [-0.2, -0.15) is 4.31 Å². The first-order chi connectivity index (χ1) is 11.9. The highest BCUT2D eigenvalue weighted by Crippen LogP contribution is 2.31. The van der Waals surface area contributed by atoms with Crippen molar-refractivity contribution in [1.29, 1.82) is 0 Å². The molecule has 0 amide bonds. The minimum Gasteiger partial charge on any atom is -0.497 e. The Bertz CT molecular complexity index is 836. The highest BCUT2D eigenvalue weighted by atomic mass is 32.2. The molecule has 1 saturated heterocycles. The highest BCUT2D eigenvalue weighted by Gasteiger charge is 2.36. The largest absolute Gasteiger partial charge is 0.497 e. The van der Waals surface area contributed by atoms with E-state index in [1.807, 2.05) is 37.3 Å². The molecule has 1 aliphatic rings. The van der Waals surface area contributed by atoms with Gasteiger partial charge in [0.2, 0.25) is 10.0 Å². The van der Waals surface area contributed by atoms with Gasteiger partial charge in [0.1, 0.15) is 5.75 Å². The van der Waals surface area contributed by atoms with Gasteiger partial charge in [-0.3, -0.25) is 0 Å². The molecule has 0 spiro atoms. The summed E-state index contributed by atoms with van der Waals surface area (Å²) < 4.78 is 39.0. The summed E-state index contributed by atoms with van der Waals surface area (Å²) in [5.74, 6) is 0.647. The van der Waals surface area contributed by atoms with E-state index in [1.54, 1.807) is 36.5 Å². The van der Waals surface area contributed by atoms with Crippen LogP contribution in [0.4, 0.5) is 0 Å². The molecular formula is C19H23NO4S. The molecule has 2 aromatic carbocycles. The van der Waals surface area contributed by atoms with Crippen LogP contribution < -0.4 is 4.74 Å². The Morgan fingerprint density at radius 1 is 1.16 bits per heavy atom. The van der Waals surface area contributed by atoms with Crippen molar-refractivity contribution in [2.75, 3.05) is 20.3 Å². The molecule has 1 fully saturated rings. The Labute approximate surface area is 149 Å². The van der Waals surface area contributed by atoms with Crippen molar-refractivity contribution in [1.82, 2.24) is 4.31 Å². The fourth-order valence-electron chi connectivity index (χ4n) is 3.10. The normalized spacial score (nSPS) is 21.9. The molecule has 1 heterocycles. The third kappa shape index (κ3) is 3.56. The van der Waals surface area contributed by atoms with Gasteiger partial charge < -0.3 is 9.47 Å². The van der Waals surface area contributed by atoms with E-state index in [0.717, 1.165) is 5.56 Å². The molecule has 25 heavy (non-hydrogen) atoms. The molecule has 2 unspecified atom stereocenters. The zero-order valence-electron chi connectivity index (χ0n) is 14.7. The number of hydrogen-bond donors (Lipinski definition) is 0. The van der Waals surface area contributed by atoms with E-state index in [-0.39, 0.29) is 12.1 Å². The summed E-state index contributed by atoms with van der Waals surface area (Å²) in [4.78, 5) is 0.314. The Morgan fingerprint density at radius 3 is 2.52 bits per heavy atom. The maximum atomic E-state index is 13.2. The summed E-state index contributed by atoms with van der Waals surface area (Å²) in [5.41, 5.74) is 1.66. The second kappa shape index (κ2) is 7.15. The number of ether oxygens (including phenoxy) is 2. The first kappa shape index (κ1) is 17.9. The van der Waals surface area contributed by atoms with Crippen LogP contribution in [0.1, 0.15) is 24.2 Å². The molecule has 1 aliphatic heterocycles. The number of benzene rings is 2. The van der Waals surface area contributed by atoms with E-state index in [2.05, 4.69) is 0 Å². The van der Waals surface area contributed by atoms with Crippen LogP contribution in [0, 0.1) is 6.92 Å². The molecule has 0 aromatic heterocycles. The van der Waals surface area contributed by atoms with E-state index in [1.165, 1.54) is 0 Å². The number of aryl methyl sites for hydroxylation is 1.